The summed E-state index contributed by atoms with van der Waals surface area (Å²) in [4.78, 5) is 16.6. The summed E-state index contributed by atoms with van der Waals surface area (Å²) in [6, 6.07) is 6.05. The molecule has 0 aliphatic rings. The lowest BCUT2D eigenvalue weighted by Crippen LogP contribution is -2.28. The molecule has 0 aliphatic heterocycles. The number of carbonyl (C=O) groups excluding carboxylic acids is 1. The minimum absolute atomic E-state index is 0. The maximum Gasteiger partial charge on any atom is 0.282 e. The van der Waals surface area contributed by atoms with Gasteiger partial charge in [0.15, 0.2) is 5.76 Å². The number of nitrogens with zero attached hydrogens (tertiary/aromatic N) is 4. The van der Waals surface area contributed by atoms with Crippen LogP contribution in [0.1, 0.15) is 54.0 Å². The van der Waals surface area contributed by atoms with Gasteiger partial charge < -0.3 is 9.84 Å². The van der Waals surface area contributed by atoms with Crippen molar-refractivity contribution in [1.82, 2.24) is 25.2 Å². The number of alkyl halides is 2. The normalized spacial score (nSPS) is 11.9. The Bertz CT molecular complexity index is 957. The highest BCUT2D eigenvalue weighted by Gasteiger charge is 2.21. The third-order valence-corrected chi connectivity index (χ3v) is 4.13. The smallest absolute Gasteiger partial charge is 0.282 e. The highest BCUT2D eigenvalue weighted by Crippen LogP contribution is 2.23. The molecule has 0 spiro atoms. The maximum atomic E-state index is 12.7. The molecule has 10 heteroatoms. The van der Waals surface area contributed by atoms with E-state index in [1.807, 2.05) is 19.1 Å². The zero-order chi connectivity index (χ0) is 19.6. The van der Waals surface area contributed by atoms with Crippen LogP contribution in [0, 0.1) is 0 Å². The first kappa shape index (κ1) is 21.5. The average molecular weight is 412 g/mol. The molecule has 1 atom stereocenters. The standard InChI is InChI=1S/C18H19F2N5O2.ClH/c1-4-12-7-11(5-6-21-12)13-9-16(27-24-13)10(2)22-18(26)15-8-14(17(19)20)23-25(15)3;/h5-10,17H,4H2,1-3H3,(H,22,26);1H. The second-order valence-corrected chi connectivity index (χ2v) is 6.08. The summed E-state index contributed by atoms with van der Waals surface area (Å²) >= 11 is 0. The average Bonchev–Trinajstić information content (AvgIpc) is 3.29. The number of pyridine rings is 1. The lowest BCUT2D eigenvalue weighted by molar-refractivity contribution is 0.0924. The summed E-state index contributed by atoms with van der Waals surface area (Å²) < 4.78 is 31.9. The Labute approximate surface area is 166 Å². The SMILES string of the molecule is CCc1cc(-c2cc(C(C)NC(=O)c3cc(C(F)F)nn3C)on2)ccn1.Cl. The van der Waals surface area contributed by atoms with E-state index >= 15 is 0 Å². The summed E-state index contributed by atoms with van der Waals surface area (Å²) in [6.07, 6.45) is -0.229. The van der Waals surface area contributed by atoms with Crippen LogP contribution in [0.2, 0.25) is 0 Å². The third-order valence-electron chi connectivity index (χ3n) is 4.13. The van der Waals surface area contributed by atoms with Crippen LogP contribution in [0.15, 0.2) is 35.0 Å². The summed E-state index contributed by atoms with van der Waals surface area (Å²) in [7, 11) is 1.44. The summed E-state index contributed by atoms with van der Waals surface area (Å²) in [5.74, 6) is -0.0796. The number of carbonyl (C=O) groups is 1. The monoisotopic (exact) mass is 411 g/mol. The van der Waals surface area contributed by atoms with Gasteiger partial charge in [-0.2, -0.15) is 5.10 Å². The van der Waals surface area contributed by atoms with Crippen molar-refractivity contribution in [1.29, 1.82) is 0 Å². The van der Waals surface area contributed by atoms with E-state index in [9.17, 15) is 13.6 Å². The predicted molar refractivity (Wildman–Crippen MR) is 100 cm³/mol. The van der Waals surface area contributed by atoms with Crippen molar-refractivity contribution in [3.8, 4) is 11.3 Å². The number of halogens is 3. The fraction of sp³-hybridized carbons (Fsp3) is 0.333. The van der Waals surface area contributed by atoms with Gasteiger partial charge in [-0.15, -0.1) is 12.4 Å². The molecule has 0 aliphatic carbocycles. The topological polar surface area (TPSA) is 85.8 Å². The number of rotatable bonds is 6. The zero-order valence-electron chi connectivity index (χ0n) is 15.5. The molecule has 150 valence electrons. The number of amides is 1. The van der Waals surface area contributed by atoms with E-state index in [0.717, 1.165) is 28.4 Å². The van der Waals surface area contributed by atoms with Crippen LogP contribution < -0.4 is 5.32 Å². The molecule has 3 aromatic heterocycles. The Morgan fingerprint density at radius 2 is 2.07 bits per heavy atom. The summed E-state index contributed by atoms with van der Waals surface area (Å²) in [5, 5.41) is 10.4. The van der Waals surface area contributed by atoms with Crippen molar-refractivity contribution >= 4 is 18.3 Å². The molecule has 0 saturated heterocycles. The molecule has 3 aromatic rings. The number of aromatic nitrogens is 4. The highest BCUT2D eigenvalue weighted by atomic mass is 35.5. The van der Waals surface area contributed by atoms with E-state index in [2.05, 4.69) is 20.6 Å². The molecule has 3 heterocycles. The molecule has 1 unspecified atom stereocenters. The van der Waals surface area contributed by atoms with Crippen molar-refractivity contribution in [3.05, 3.63) is 53.3 Å². The quantitative estimate of drug-likeness (QED) is 0.665. The van der Waals surface area contributed by atoms with Crippen LogP contribution in [0.4, 0.5) is 8.78 Å². The molecule has 0 radical (unpaired) electrons. The number of aryl methyl sites for hydroxylation is 2. The largest absolute Gasteiger partial charge is 0.359 e. The molecular formula is C18H20ClF2N5O2. The van der Waals surface area contributed by atoms with Gasteiger partial charge >= 0.3 is 0 Å². The van der Waals surface area contributed by atoms with Gasteiger partial charge in [-0.3, -0.25) is 14.5 Å². The molecule has 1 amide bonds. The van der Waals surface area contributed by atoms with Gasteiger partial charge in [0.25, 0.3) is 12.3 Å². The highest BCUT2D eigenvalue weighted by molar-refractivity contribution is 5.92. The molecule has 3 rings (SSSR count). The fourth-order valence-electron chi connectivity index (χ4n) is 2.61. The summed E-state index contributed by atoms with van der Waals surface area (Å²) in [5.41, 5.74) is 2.03. The van der Waals surface area contributed by atoms with E-state index < -0.39 is 24.1 Å². The lowest BCUT2D eigenvalue weighted by atomic mass is 10.1. The second-order valence-electron chi connectivity index (χ2n) is 6.08. The Morgan fingerprint density at radius 1 is 1.32 bits per heavy atom. The third kappa shape index (κ3) is 4.53. The van der Waals surface area contributed by atoms with Gasteiger partial charge in [0.05, 0.1) is 6.04 Å². The lowest BCUT2D eigenvalue weighted by Gasteiger charge is -2.10. The van der Waals surface area contributed by atoms with Gasteiger partial charge in [-0.25, -0.2) is 8.78 Å². The van der Waals surface area contributed by atoms with Crippen molar-refractivity contribution in [3.63, 3.8) is 0 Å². The zero-order valence-corrected chi connectivity index (χ0v) is 16.3. The maximum absolute atomic E-state index is 12.7. The second kappa shape index (κ2) is 8.92. The number of hydrogen-bond donors (Lipinski definition) is 1. The Kier molecular flexibility index (Phi) is 6.85. The van der Waals surface area contributed by atoms with Gasteiger partial charge in [0.1, 0.15) is 17.1 Å². The van der Waals surface area contributed by atoms with Crippen LogP contribution in [0.25, 0.3) is 11.3 Å². The molecule has 0 bridgehead atoms. The first-order valence-electron chi connectivity index (χ1n) is 8.44. The van der Waals surface area contributed by atoms with Crippen LogP contribution in [-0.2, 0) is 13.5 Å². The fourth-order valence-corrected chi connectivity index (χ4v) is 2.61. The van der Waals surface area contributed by atoms with Crippen LogP contribution >= 0.6 is 12.4 Å². The minimum atomic E-state index is -2.74. The van der Waals surface area contributed by atoms with Crippen LogP contribution in [0.3, 0.4) is 0 Å². The van der Waals surface area contributed by atoms with Gasteiger partial charge in [0.2, 0.25) is 0 Å². The van der Waals surface area contributed by atoms with E-state index in [1.165, 1.54) is 7.05 Å². The molecule has 0 fully saturated rings. The van der Waals surface area contributed by atoms with Crippen LogP contribution in [-0.4, -0.2) is 25.8 Å². The number of nitrogens with one attached hydrogen (secondary N) is 1. The van der Waals surface area contributed by atoms with E-state index in [-0.39, 0.29) is 18.1 Å². The van der Waals surface area contributed by atoms with Gasteiger partial charge in [-0.1, -0.05) is 12.1 Å². The van der Waals surface area contributed by atoms with Gasteiger partial charge in [-0.05, 0) is 31.5 Å². The first-order chi connectivity index (χ1) is 12.9. The van der Waals surface area contributed by atoms with Crippen molar-refractivity contribution in [2.24, 2.45) is 7.05 Å². The molecule has 7 nitrogen and oxygen atoms in total. The molecule has 28 heavy (non-hydrogen) atoms. The van der Waals surface area contributed by atoms with Crippen molar-refractivity contribution in [2.75, 3.05) is 0 Å². The Hall–Kier alpha value is -2.81. The minimum Gasteiger partial charge on any atom is -0.359 e. The Morgan fingerprint density at radius 3 is 2.71 bits per heavy atom. The van der Waals surface area contributed by atoms with Crippen molar-refractivity contribution < 1.29 is 18.1 Å². The molecule has 0 aromatic carbocycles. The summed E-state index contributed by atoms with van der Waals surface area (Å²) in [6.45, 7) is 3.73. The Balaban J connectivity index is 0.00000280. The van der Waals surface area contributed by atoms with Crippen LogP contribution in [0.5, 0.6) is 0 Å². The molecule has 1 N–H and O–H groups in total. The van der Waals surface area contributed by atoms with Crippen molar-refractivity contribution in [2.45, 2.75) is 32.7 Å². The molecular weight excluding hydrogens is 392 g/mol. The van der Waals surface area contributed by atoms with Gasteiger partial charge in [0, 0.05) is 30.6 Å². The van der Waals surface area contributed by atoms with E-state index in [1.54, 1.807) is 19.2 Å². The van der Waals surface area contributed by atoms with E-state index in [4.69, 9.17) is 4.52 Å². The molecule has 0 saturated carbocycles. The van der Waals surface area contributed by atoms with E-state index in [0.29, 0.717) is 11.5 Å². The predicted octanol–water partition coefficient (Wildman–Crippen LogP) is 3.88. The first-order valence-corrected chi connectivity index (χ1v) is 8.44. The number of hydrogen-bond acceptors (Lipinski definition) is 5.